The van der Waals surface area contributed by atoms with Gasteiger partial charge in [-0.05, 0) is 37.4 Å². The molecule has 5 nitrogen and oxygen atoms in total. The minimum absolute atomic E-state index is 0.126. The zero-order valence-electron chi connectivity index (χ0n) is 11.7. The summed E-state index contributed by atoms with van der Waals surface area (Å²) in [5.74, 6) is -0.772. The van der Waals surface area contributed by atoms with E-state index in [0.29, 0.717) is 17.3 Å². The number of aliphatic carboxylic acids is 1. The number of benzene rings is 1. The molecule has 0 aromatic heterocycles. The molecule has 1 aromatic carbocycles. The Morgan fingerprint density at radius 1 is 1.38 bits per heavy atom. The summed E-state index contributed by atoms with van der Waals surface area (Å²) >= 11 is 6.00. The largest absolute Gasteiger partial charge is 0.481 e. The van der Waals surface area contributed by atoms with Crippen LogP contribution in [0.2, 0.25) is 5.02 Å². The fourth-order valence-corrected chi connectivity index (χ4v) is 2.85. The lowest BCUT2D eigenvalue weighted by atomic mass is 9.95. The van der Waals surface area contributed by atoms with E-state index < -0.39 is 5.97 Å². The first kappa shape index (κ1) is 15.8. The standard InChI is InChI=1S/C15H19ClN2O3/c16-12-5-1-2-6-13(12)17-14(19)10-18-7-3-4-11(9-18)8-15(20)21/h1-2,5-6,11H,3-4,7-10H2,(H,17,19)(H,20,21). The van der Waals surface area contributed by atoms with Gasteiger partial charge in [0, 0.05) is 13.0 Å². The van der Waals surface area contributed by atoms with Crippen molar-refractivity contribution in [2.24, 2.45) is 5.92 Å². The number of amides is 1. The molecule has 2 N–H and O–H groups in total. The predicted octanol–water partition coefficient (Wildman–Crippen LogP) is 2.47. The van der Waals surface area contributed by atoms with Crippen LogP contribution in [-0.2, 0) is 9.59 Å². The van der Waals surface area contributed by atoms with Gasteiger partial charge in [-0.1, -0.05) is 23.7 Å². The van der Waals surface area contributed by atoms with Crippen LogP contribution >= 0.6 is 11.6 Å². The first-order chi connectivity index (χ1) is 10.0. The fourth-order valence-electron chi connectivity index (χ4n) is 2.66. The molecular weight excluding hydrogens is 292 g/mol. The first-order valence-corrected chi connectivity index (χ1v) is 7.41. The molecule has 0 spiro atoms. The van der Waals surface area contributed by atoms with Crippen molar-refractivity contribution in [1.82, 2.24) is 4.90 Å². The second kappa shape index (κ2) is 7.43. The Balaban J connectivity index is 1.85. The van der Waals surface area contributed by atoms with Crippen LogP contribution in [0.25, 0.3) is 0 Å². The minimum atomic E-state index is -0.776. The van der Waals surface area contributed by atoms with E-state index in [4.69, 9.17) is 16.7 Å². The Morgan fingerprint density at radius 2 is 2.14 bits per heavy atom. The number of para-hydroxylation sites is 1. The van der Waals surface area contributed by atoms with Crippen molar-refractivity contribution >= 4 is 29.2 Å². The highest BCUT2D eigenvalue weighted by molar-refractivity contribution is 6.33. The number of nitrogens with one attached hydrogen (secondary N) is 1. The molecule has 0 saturated carbocycles. The van der Waals surface area contributed by atoms with Crippen molar-refractivity contribution in [3.63, 3.8) is 0 Å². The highest BCUT2D eigenvalue weighted by Gasteiger charge is 2.23. The van der Waals surface area contributed by atoms with E-state index in [2.05, 4.69) is 5.32 Å². The molecule has 1 aliphatic heterocycles. The molecule has 1 heterocycles. The maximum Gasteiger partial charge on any atom is 0.303 e. The third kappa shape index (κ3) is 5.02. The van der Waals surface area contributed by atoms with Crippen molar-refractivity contribution in [2.45, 2.75) is 19.3 Å². The van der Waals surface area contributed by atoms with Crippen molar-refractivity contribution in [1.29, 1.82) is 0 Å². The number of carbonyl (C=O) groups is 2. The van der Waals surface area contributed by atoms with Crippen LogP contribution in [0.1, 0.15) is 19.3 Å². The minimum Gasteiger partial charge on any atom is -0.481 e. The van der Waals surface area contributed by atoms with E-state index in [1.54, 1.807) is 18.2 Å². The van der Waals surface area contributed by atoms with Gasteiger partial charge in [0.25, 0.3) is 0 Å². The Labute approximate surface area is 128 Å². The zero-order valence-corrected chi connectivity index (χ0v) is 12.5. The topological polar surface area (TPSA) is 69.6 Å². The quantitative estimate of drug-likeness (QED) is 0.876. The lowest BCUT2D eigenvalue weighted by molar-refractivity contribution is -0.138. The molecule has 0 bridgehead atoms. The van der Waals surface area contributed by atoms with Gasteiger partial charge in [0.05, 0.1) is 17.3 Å². The van der Waals surface area contributed by atoms with Crippen LogP contribution in [-0.4, -0.2) is 41.5 Å². The molecule has 0 aliphatic carbocycles. The molecule has 21 heavy (non-hydrogen) atoms. The number of piperidine rings is 1. The summed E-state index contributed by atoms with van der Waals surface area (Å²) in [4.78, 5) is 24.8. The zero-order chi connectivity index (χ0) is 15.2. The van der Waals surface area contributed by atoms with Gasteiger partial charge in [0.15, 0.2) is 0 Å². The first-order valence-electron chi connectivity index (χ1n) is 7.03. The van der Waals surface area contributed by atoms with E-state index in [1.165, 1.54) is 0 Å². The highest BCUT2D eigenvalue weighted by Crippen LogP contribution is 2.21. The summed E-state index contributed by atoms with van der Waals surface area (Å²) in [6, 6.07) is 7.09. The van der Waals surface area contributed by atoms with Gasteiger partial charge in [0.1, 0.15) is 0 Å². The summed E-state index contributed by atoms with van der Waals surface area (Å²) in [7, 11) is 0. The van der Waals surface area contributed by atoms with Crippen LogP contribution in [0.5, 0.6) is 0 Å². The molecular formula is C15H19ClN2O3. The third-order valence-electron chi connectivity index (χ3n) is 3.58. The Bertz CT molecular complexity index is 521. The number of hydrogen-bond acceptors (Lipinski definition) is 3. The van der Waals surface area contributed by atoms with Gasteiger partial charge >= 0.3 is 5.97 Å². The number of carboxylic acids is 1. The van der Waals surface area contributed by atoms with Gasteiger partial charge in [0.2, 0.25) is 5.91 Å². The number of carbonyl (C=O) groups excluding carboxylic acids is 1. The Morgan fingerprint density at radius 3 is 2.86 bits per heavy atom. The van der Waals surface area contributed by atoms with Crippen LogP contribution < -0.4 is 5.32 Å². The lowest BCUT2D eigenvalue weighted by Gasteiger charge is -2.31. The smallest absolute Gasteiger partial charge is 0.303 e. The van der Waals surface area contributed by atoms with Gasteiger partial charge in [-0.2, -0.15) is 0 Å². The summed E-state index contributed by atoms with van der Waals surface area (Å²) in [5, 5.41) is 12.1. The second-order valence-electron chi connectivity index (χ2n) is 5.37. The van der Waals surface area contributed by atoms with Crippen LogP contribution in [0, 0.1) is 5.92 Å². The number of anilines is 1. The normalized spacial score (nSPS) is 19.2. The maximum atomic E-state index is 12.0. The molecule has 1 fully saturated rings. The summed E-state index contributed by atoms with van der Waals surface area (Å²) in [6.45, 7) is 1.75. The number of nitrogens with zero attached hydrogens (tertiary/aromatic N) is 1. The molecule has 1 aromatic rings. The fraction of sp³-hybridized carbons (Fsp3) is 0.467. The molecule has 0 radical (unpaired) electrons. The van der Waals surface area contributed by atoms with Crippen molar-refractivity contribution < 1.29 is 14.7 Å². The number of halogens is 1. The molecule has 6 heteroatoms. The van der Waals surface area contributed by atoms with Gasteiger partial charge in [-0.3, -0.25) is 14.5 Å². The number of likely N-dealkylation sites (tertiary alicyclic amines) is 1. The molecule has 1 atom stereocenters. The Hall–Kier alpha value is -1.59. The van der Waals surface area contributed by atoms with E-state index in [0.717, 1.165) is 19.4 Å². The lowest BCUT2D eigenvalue weighted by Crippen LogP contribution is -2.41. The van der Waals surface area contributed by atoms with E-state index in [-0.39, 0.29) is 24.8 Å². The molecule has 1 aliphatic rings. The average molecular weight is 311 g/mol. The Kier molecular flexibility index (Phi) is 5.59. The molecule has 2 rings (SSSR count). The van der Waals surface area contributed by atoms with Crippen molar-refractivity contribution in [2.75, 3.05) is 25.0 Å². The third-order valence-corrected chi connectivity index (χ3v) is 3.91. The highest BCUT2D eigenvalue weighted by atomic mass is 35.5. The van der Waals surface area contributed by atoms with Gasteiger partial charge in [-0.25, -0.2) is 0 Å². The van der Waals surface area contributed by atoms with Crippen molar-refractivity contribution in [3.05, 3.63) is 29.3 Å². The predicted molar refractivity (Wildman–Crippen MR) is 81.5 cm³/mol. The number of carboxylic acid groups (broad SMARTS) is 1. The van der Waals surface area contributed by atoms with Crippen LogP contribution in [0.15, 0.2) is 24.3 Å². The van der Waals surface area contributed by atoms with E-state index in [9.17, 15) is 9.59 Å². The number of hydrogen-bond donors (Lipinski definition) is 2. The molecule has 1 unspecified atom stereocenters. The summed E-state index contributed by atoms with van der Waals surface area (Å²) in [5.41, 5.74) is 0.600. The maximum absolute atomic E-state index is 12.0. The SMILES string of the molecule is O=C(O)CC1CCCN(CC(=O)Nc2ccccc2Cl)C1. The second-order valence-corrected chi connectivity index (χ2v) is 5.78. The summed E-state index contributed by atoms with van der Waals surface area (Å²) in [6.07, 6.45) is 2.01. The number of rotatable bonds is 5. The van der Waals surface area contributed by atoms with Gasteiger partial charge < -0.3 is 10.4 Å². The average Bonchev–Trinajstić information content (AvgIpc) is 2.41. The summed E-state index contributed by atoms with van der Waals surface area (Å²) < 4.78 is 0. The van der Waals surface area contributed by atoms with Crippen LogP contribution in [0.4, 0.5) is 5.69 Å². The molecule has 114 valence electrons. The van der Waals surface area contributed by atoms with Gasteiger partial charge in [-0.15, -0.1) is 0 Å². The van der Waals surface area contributed by atoms with E-state index >= 15 is 0 Å². The van der Waals surface area contributed by atoms with Crippen molar-refractivity contribution in [3.8, 4) is 0 Å². The monoisotopic (exact) mass is 310 g/mol. The molecule has 1 amide bonds. The molecule has 1 saturated heterocycles. The van der Waals surface area contributed by atoms with E-state index in [1.807, 2.05) is 11.0 Å². The van der Waals surface area contributed by atoms with Crippen LogP contribution in [0.3, 0.4) is 0 Å².